The number of thiophene rings is 1. The van der Waals surface area contributed by atoms with Crippen LogP contribution in [-0.4, -0.2) is 7.05 Å². The summed E-state index contributed by atoms with van der Waals surface area (Å²) in [5.41, 5.74) is 5.30. The summed E-state index contributed by atoms with van der Waals surface area (Å²) in [6.45, 7) is 4.34. The highest BCUT2D eigenvalue weighted by atomic mass is 79.9. The van der Waals surface area contributed by atoms with Crippen LogP contribution in [0.2, 0.25) is 0 Å². The summed E-state index contributed by atoms with van der Waals surface area (Å²) in [6.07, 6.45) is 0. The Morgan fingerprint density at radius 1 is 1.17 bits per heavy atom. The van der Waals surface area contributed by atoms with E-state index in [9.17, 15) is 0 Å². The zero-order valence-electron chi connectivity index (χ0n) is 10.6. The van der Waals surface area contributed by atoms with Crippen LogP contribution in [0.4, 0.5) is 0 Å². The van der Waals surface area contributed by atoms with Gasteiger partial charge in [-0.2, -0.15) is 0 Å². The monoisotopic (exact) mass is 387 g/mol. The van der Waals surface area contributed by atoms with Crippen LogP contribution in [0.5, 0.6) is 0 Å². The van der Waals surface area contributed by atoms with E-state index >= 15 is 0 Å². The van der Waals surface area contributed by atoms with Crippen LogP contribution in [0.25, 0.3) is 0 Å². The highest BCUT2D eigenvalue weighted by Crippen LogP contribution is 2.39. The molecule has 0 fully saturated rings. The summed E-state index contributed by atoms with van der Waals surface area (Å²) in [4.78, 5) is 0. The van der Waals surface area contributed by atoms with Crippen LogP contribution in [0, 0.1) is 13.8 Å². The second kappa shape index (κ2) is 5.87. The van der Waals surface area contributed by atoms with E-state index in [2.05, 4.69) is 75.3 Å². The van der Waals surface area contributed by atoms with Crippen molar-refractivity contribution in [3.8, 4) is 0 Å². The summed E-state index contributed by atoms with van der Waals surface area (Å²) in [7, 11) is 2.01. The molecule has 1 nitrogen and oxygen atoms in total. The Bertz CT molecular complexity index is 543. The fraction of sp³-hybridized carbons (Fsp3) is 0.286. The highest BCUT2D eigenvalue weighted by molar-refractivity contribution is 9.12. The van der Waals surface area contributed by atoms with Gasteiger partial charge in [-0.25, -0.2) is 0 Å². The number of nitrogens with one attached hydrogen (secondary N) is 1. The van der Waals surface area contributed by atoms with Gasteiger partial charge in [0.2, 0.25) is 0 Å². The lowest BCUT2D eigenvalue weighted by Crippen LogP contribution is -2.19. The molecular formula is C14H15Br2NS. The van der Waals surface area contributed by atoms with E-state index in [1.54, 1.807) is 11.3 Å². The molecule has 0 radical (unpaired) electrons. The van der Waals surface area contributed by atoms with Gasteiger partial charge in [0.1, 0.15) is 0 Å². The second-order valence-electron chi connectivity index (χ2n) is 4.31. The van der Waals surface area contributed by atoms with Gasteiger partial charge in [0.25, 0.3) is 0 Å². The molecule has 0 amide bonds. The lowest BCUT2D eigenvalue weighted by Gasteiger charge is -2.21. The first-order chi connectivity index (χ1) is 8.54. The Morgan fingerprint density at radius 3 is 2.22 bits per heavy atom. The van der Waals surface area contributed by atoms with Crippen LogP contribution < -0.4 is 5.32 Å². The Morgan fingerprint density at radius 2 is 1.78 bits per heavy atom. The van der Waals surface area contributed by atoms with Gasteiger partial charge in [0.15, 0.2) is 0 Å². The van der Waals surface area contributed by atoms with Crippen molar-refractivity contribution in [2.24, 2.45) is 0 Å². The highest BCUT2D eigenvalue weighted by Gasteiger charge is 2.20. The minimum absolute atomic E-state index is 0.225. The molecular weight excluding hydrogens is 374 g/mol. The smallest absolute Gasteiger partial charge is 0.0761 e. The zero-order valence-corrected chi connectivity index (χ0v) is 14.5. The third-order valence-corrected chi connectivity index (χ3v) is 5.50. The molecule has 0 spiro atoms. The van der Waals surface area contributed by atoms with Crippen LogP contribution in [0.15, 0.2) is 31.8 Å². The molecule has 2 rings (SSSR count). The molecule has 1 unspecified atom stereocenters. The molecule has 0 saturated carbocycles. The minimum Gasteiger partial charge on any atom is -0.309 e. The van der Waals surface area contributed by atoms with Crippen molar-refractivity contribution in [2.45, 2.75) is 19.9 Å². The largest absolute Gasteiger partial charge is 0.309 e. The van der Waals surface area contributed by atoms with E-state index in [0.29, 0.717) is 0 Å². The third-order valence-electron chi connectivity index (χ3n) is 3.11. The van der Waals surface area contributed by atoms with Gasteiger partial charge in [-0.3, -0.25) is 0 Å². The first-order valence-corrected chi connectivity index (χ1v) is 8.13. The van der Waals surface area contributed by atoms with Crippen LogP contribution in [0.3, 0.4) is 0 Å². The third kappa shape index (κ3) is 2.72. The van der Waals surface area contributed by atoms with Crippen molar-refractivity contribution in [3.05, 3.63) is 54.1 Å². The molecule has 0 aliphatic rings. The average molecular weight is 389 g/mol. The number of halogens is 2. The van der Waals surface area contributed by atoms with E-state index in [0.717, 1.165) is 3.79 Å². The predicted molar refractivity (Wildman–Crippen MR) is 86.5 cm³/mol. The lowest BCUT2D eigenvalue weighted by atomic mass is 9.93. The standard InChI is InChI=1S/C14H15Br2NS/c1-8-5-4-6-9(2)12(8)13(17-3)10-7-11(15)18-14(10)16/h4-7,13,17H,1-3H3. The first-order valence-electron chi connectivity index (χ1n) is 5.72. The van der Waals surface area contributed by atoms with Crippen LogP contribution >= 0.6 is 43.2 Å². The SMILES string of the molecule is CNC(c1cc(Br)sc1Br)c1c(C)cccc1C. The summed E-state index contributed by atoms with van der Waals surface area (Å²) in [6, 6.07) is 8.86. The number of benzene rings is 1. The van der Waals surface area contributed by atoms with E-state index in [1.807, 2.05) is 7.05 Å². The van der Waals surface area contributed by atoms with Crippen molar-refractivity contribution >= 4 is 43.2 Å². The van der Waals surface area contributed by atoms with Gasteiger partial charge in [0, 0.05) is 0 Å². The van der Waals surface area contributed by atoms with Crippen molar-refractivity contribution in [2.75, 3.05) is 7.05 Å². The number of rotatable bonds is 3. The maximum atomic E-state index is 3.65. The second-order valence-corrected chi connectivity index (χ2v) is 8.06. The topological polar surface area (TPSA) is 12.0 Å². The minimum atomic E-state index is 0.225. The van der Waals surface area contributed by atoms with Crippen molar-refractivity contribution in [1.82, 2.24) is 5.32 Å². The van der Waals surface area contributed by atoms with Crippen molar-refractivity contribution in [1.29, 1.82) is 0 Å². The molecule has 96 valence electrons. The van der Waals surface area contributed by atoms with E-state index < -0.39 is 0 Å². The van der Waals surface area contributed by atoms with Gasteiger partial charge < -0.3 is 5.32 Å². The molecule has 0 saturated heterocycles. The van der Waals surface area contributed by atoms with Gasteiger partial charge in [0.05, 0.1) is 13.6 Å². The summed E-state index contributed by atoms with van der Waals surface area (Å²) in [5.74, 6) is 0. The molecule has 18 heavy (non-hydrogen) atoms. The van der Waals surface area contributed by atoms with Gasteiger partial charge in [-0.05, 0) is 81.1 Å². The maximum absolute atomic E-state index is 3.65. The first kappa shape index (κ1) is 14.3. The lowest BCUT2D eigenvalue weighted by molar-refractivity contribution is 0.683. The van der Waals surface area contributed by atoms with Gasteiger partial charge >= 0.3 is 0 Å². The number of aryl methyl sites for hydroxylation is 2. The molecule has 0 bridgehead atoms. The Balaban J connectivity index is 2.55. The van der Waals surface area contributed by atoms with Crippen LogP contribution in [-0.2, 0) is 0 Å². The van der Waals surface area contributed by atoms with Gasteiger partial charge in [-0.15, -0.1) is 11.3 Å². The Hall–Kier alpha value is -0.160. The van der Waals surface area contributed by atoms with E-state index in [-0.39, 0.29) is 6.04 Å². The van der Waals surface area contributed by atoms with Crippen LogP contribution in [0.1, 0.15) is 28.3 Å². The van der Waals surface area contributed by atoms with Gasteiger partial charge in [-0.1, -0.05) is 18.2 Å². The molecule has 1 N–H and O–H groups in total. The quantitative estimate of drug-likeness (QED) is 0.761. The fourth-order valence-electron chi connectivity index (χ4n) is 2.29. The summed E-state index contributed by atoms with van der Waals surface area (Å²) in [5, 5.41) is 3.43. The molecule has 1 aromatic heterocycles. The summed E-state index contributed by atoms with van der Waals surface area (Å²) < 4.78 is 2.33. The molecule has 1 aromatic carbocycles. The van der Waals surface area contributed by atoms with E-state index in [1.165, 1.54) is 26.0 Å². The Kier molecular flexibility index (Phi) is 4.64. The van der Waals surface area contributed by atoms with E-state index in [4.69, 9.17) is 0 Å². The molecule has 1 atom stereocenters. The summed E-state index contributed by atoms with van der Waals surface area (Å²) >= 11 is 8.92. The van der Waals surface area contributed by atoms with Crippen molar-refractivity contribution < 1.29 is 0 Å². The molecule has 0 aliphatic heterocycles. The predicted octanol–water partition coefficient (Wildman–Crippen LogP) is 5.20. The molecule has 1 heterocycles. The fourth-order valence-corrected chi connectivity index (χ4v) is 5.19. The normalized spacial score (nSPS) is 12.7. The zero-order chi connectivity index (χ0) is 13.3. The number of hydrogen-bond acceptors (Lipinski definition) is 2. The average Bonchev–Trinajstić information content (AvgIpc) is 2.63. The number of hydrogen-bond donors (Lipinski definition) is 1. The Labute approximate surface area is 129 Å². The van der Waals surface area contributed by atoms with Crippen molar-refractivity contribution in [3.63, 3.8) is 0 Å². The maximum Gasteiger partial charge on any atom is 0.0761 e. The molecule has 2 aromatic rings. The molecule has 0 aliphatic carbocycles. The molecule has 4 heteroatoms.